The van der Waals surface area contributed by atoms with Gasteiger partial charge in [-0.3, -0.25) is 10.2 Å². The van der Waals surface area contributed by atoms with Gasteiger partial charge in [-0.25, -0.2) is 4.79 Å². The predicted octanol–water partition coefficient (Wildman–Crippen LogP) is 3.23. The third kappa shape index (κ3) is 5.29. The highest BCUT2D eigenvalue weighted by Gasteiger charge is 2.27. The van der Waals surface area contributed by atoms with Gasteiger partial charge in [-0.2, -0.15) is 0 Å². The molecule has 2 fully saturated rings. The van der Waals surface area contributed by atoms with E-state index in [1.54, 1.807) is 0 Å². The Morgan fingerprint density at radius 1 is 1.18 bits per heavy atom. The van der Waals surface area contributed by atoms with Crippen molar-refractivity contribution < 1.29 is 14.3 Å². The van der Waals surface area contributed by atoms with Crippen LogP contribution in [0.3, 0.4) is 0 Å². The molecule has 0 spiro atoms. The second-order valence-corrected chi connectivity index (χ2v) is 8.72. The fourth-order valence-electron chi connectivity index (χ4n) is 4.00. The summed E-state index contributed by atoms with van der Waals surface area (Å²) in [6.07, 6.45) is 1.79. The van der Waals surface area contributed by atoms with E-state index in [1.165, 1.54) is 0 Å². The van der Waals surface area contributed by atoms with E-state index in [0.717, 1.165) is 63.5 Å². The van der Waals surface area contributed by atoms with Crippen LogP contribution in [-0.4, -0.2) is 62.0 Å². The van der Waals surface area contributed by atoms with E-state index >= 15 is 0 Å². The van der Waals surface area contributed by atoms with E-state index in [0.29, 0.717) is 17.4 Å². The number of piperidine rings is 1. The third-order valence-corrected chi connectivity index (χ3v) is 5.37. The van der Waals surface area contributed by atoms with Crippen LogP contribution in [0.2, 0.25) is 0 Å². The molecule has 7 heteroatoms. The molecule has 2 saturated heterocycles. The fraction of sp³-hybridized carbons (Fsp3) is 0.667. The van der Waals surface area contributed by atoms with Crippen molar-refractivity contribution in [2.24, 2.45) is 0 Å². The van der Waals surface area contributed by atoms with E-state index in [4.69, 9.17) is 15.2 Å². The monoisotopic (exact) mass is 390 g/mol. The Kier molecular flexibility index (Phi) is 6.35. The molecule has 0 saturated carbocycles. The van der Waals surface area contributed by atoms with Gasteiger partial charge in [-0.05, 0) is 58.2 Å². The highest BCUT2D eigenvalue weighted by molar-refractivity contribution is 5.91. The molecule has 0 bridgehead atoms. The molecule has 156 valence electrons. The maximum atomic E-state index is 12.2. The molecule has 0 unspecified atom stereocenters. The van der Waals surface area contributed by atoms with Crippen LogP contribution in [0.1, 0.15) is 39.2 Å². The number of carbonyl (C=O) groups excluding carboxylic acids is 1. The zero-order valence-corrected chi connectivity index (χ0v) is 17.6. The lowest BCUT2D eigenvalue weighted by atomic mass is 10.0. The van der Waals surface area contributed by atoms with Crippen molar-refractivity contribution in [2.75, 3.05) is 55.3 Å². The summed E-state index contributed by atoms with van der Waals surface area (Å²) in [5.41, 5.74) is 9.00. The number of carbonyl (C=O) groups is 1. The normalized spacial score (nSPS) is 19.5. The van der Waals surface area contributed by atoms with Crippen molar-refractivity contribution >= 4 is 23.2 Å². The largest absolute Gasteiger partial charge is 0.444 e. The highest BCUT2D eigenvalue weighted by Crippen LogP contribution is 2.32. The highest BCUT2D eigenvalue weighted by atomic mass is 16.6. The molecule has 3 rings (SSSR count). The van der Waals surface area contributed by atoms with Crippen molar-refractivity contribution in [3.63, 3.8) is 0 Å². The third-order valence-electron chi connectivity index (χ3n) is 5.37. The van der Waals surface area contributed by atoms with Crippen LogP contribution >= 0.6 is 0 Å². The number of rotatable bonds is 3. The van der Waals surface area contributed by atoms with E-state index in [2.05, 4.69) is 22.0 Å². The Labute approximate surface area is 168 Å². The number of anilines is 3. The average molecular weight is 391 g/mol. The maximum absolute atomic E-state index is 12.2. The number of nitrogens with one attached hydrogen (secondary N) is 1. The number of morpholine rings is 1. The minimum atomic E-state index is -0.548. The van der Waals surface area contributed by atoms with Crippen molar-refractivity contribution in [2.45, 2.75) is 52.2 Å². The number of nitrogen functional groups attached to an aromatic ring is 1. The van der Waals surface area contributed by atoms with Crippen LogP contribution in [0.4, 0.5) is 21.9 Å². The Balaban J connectivity index is 1.66. The van der Waals surface area contributed by atoms with Gasteiger partial charge in [0.25, 0.3) is 0 Å². The molecule has 1 aromatic carbocycles. The topological polar surface area (TPSA) is 80.1 Å². The van der Waals surface area contributed by atoms with Crippen LogP contribution < -0.4 is 16.0 Å². The first kappa shape index (κ1) is 20.7. The van der Waals surface area contributed by atoms with Gasteiger partial charge in [0.05, 0.1) is 24.6 Å². The lowest BCUT2D eigenvalue weighted by molar-refractivity contribution is 0.0115. The Hall–Kier alpha value is -1.99. The maximum Gasteiger partial charge on any atom is 0.412 e. The molecular formula is C21H34N4O3. The van der Waals surface area contributed by atoms with Gasteiger partial charge in [-0.15, -0.1) is 0 Å². The molecule has 7 nitrogen and oxygen atoms in total. The van der Waals surface area contributed by atoms with Crippen molar-refractivity contribution in [1.82, 2.24) is 4.90 Å². The molecule has 3 N–H and O–H groups in total. The first-order valence-electron chi connectivity index (χ1n) is 10.2. The smallest absolute Gasteiger partial charge is 0.412 e. The summed E-state index contributed by atoms with van der Waals surface area (Å²) in [5, 5.41) is 2.80. The summed E-state index contributed by atoms with van der Waals surface area (Å²) in [4.78, 5) is 17.1. The minimum absolute atomic E-state index is 0.486. The van der Waals surface area contributed by atoms with Gasteiger partial charge < -0.3 is 20.1 Å². The molecule has 2 aliphatic heterocycles. The molecule has 28 heavy (non-hydrogen) atoms. The second kappa shape index (κ2) is 8.57. The number of hydrogen-bond acceptors (Lipinski definition) is 6. The van der Waals surface area contributed by atoms with Gasteiger partial charge in [0.1, 0.15) is 5.60 Å². The predicted molar refractivity (Wildman–Crippen MR) is 113 cm³/mol. The number of benzene rings is 1. The van der Waals surface area contributed by atoms with Crippen molar-refractivity contribution in [1.29, 1.82) is 0 Å². The van der Waals surface area contributed by atoms with Gasteiger partial charge >= 0.3 is 6.09 Å². The standard InChI is InChI=1S/C21H34N4O3/c1-15-13-17(22)18(23-20(26)28-21(2,3)4)14-19(15)25-7-5-16(6-8-25)24-9-11-27-12-10-24/h13-14,16H,5-12,22H2,1-4H3,(H,23,26). The lowest BCUT2D eigenvalue weighted by Gasteiger charge is -2.41. The zero-order chi connectivity index (χ0) is 20.3. The second-order valence-electron chi connectivity index (χ2n) is 8.72. The number of hydrogen-bond donors (Lipinski definition) is 2. The minimum Gasteiger partial charge on any atom is -0.444 e. The van der Waals surface area contributed by atoms with Crippen LogP contribution in [0.5, 0.6) is 0 Å². The summed E-state index contributed by atoms with van der Waals surface area (Å²) in [6.45, 7) is 13.4. The molecule has 0 aliphatic carbocycles. The summed E-state index contributed by atoms with van der Waals surface area (Å²) >= 11 is 0. The van der Waals surface area contributed by atoms with Crippen LogP contribution in [0, 0.1) is 6.92 Å². The fourth-order valence-corrected chi connectivity index (χ4v) is 4.00. The Morgan fingerprint density at radius 2 is 1.82 bits per heavy atom. The molecular weight excluding hydrogens is 356 g/mol. The van der Waals surface area contributed by atoms with E-state index in [1.807, 2.05) is 32.9 Å². The van der Waals surface area contributed by atoms with E-state index < -0.39 is 11.7 Å². The summed E-state index contributed by atoms with van der Waals surface area (Å²) < 4.78 is 10.8. The molecule has 2 aliphatic rings. The lowest BCUT2D eigenvalue weighted by Crippen LogP contribution is -2.49. The Morgan fingerprint density at radius 3 is 2.43 bits per heavy atom. The van der Waals surface area contributed by atoms with Gasteiger partial charge in [-0.1, -0.05) is 0 Å². The van der Waals surface area contributed by atoms with Crippen molar-refractivity contribution in [3.05, 3.63) is 17.7 Å². The van der Waals surface area contributed by atoms with Crippen LogP contribution in [0.15, 0.2) is 12.1 Å². The van der Waals surface area contributed by atoms with Gasteiger partial charge in [0, 0.05) is 37.9 Å². The zero-order valence-electron chi connectivity index (χ0n) is 17.6. The molecule has 0 atom stereocenters. The van der Waals surface area contributed by atoms with Gasteiger partial charge in [0.2, 0.25) is 0 Å². The van der Waals surface area contributed by atoms with Crippen LogP contribution in [-0.2, 0) is 9.47 Å². The average Bonchev–Trinajstić information content (AvgIpc) is 2.63. The Bertz CT molecular complexity index is 688. The number of nitrogens with zero attached hydrogens (tertiary/aromatic N) is 2. The van der Waals surface area contributed by atoms with Gasteiger partial charge in [0.15, 0.2) is 0 Å². The van der Waals surface area contributed by atoms with Crippen molar-refractivity contribution in [3.8, 4) is 0 Å². The molecule has 0 aromatic heterocycles. The first-order valence-corrected chi connectivity index (χ1v) is 10.2. The summed E-state index contributed by atoms with van der Waals surface area (Å²) in [5.74, 6) is 0. The van der Waals surface area contributed by atoms with E-state index in [9.17, 15) is 4.79 Å². The molecule has 1 amide bonds. The number of nitrogens with two attached hydrogens (primary N) is 1. The summed E-state index contributed by atoms with van der Waals surface area (Å²) in [7, 11) is 0. The molecule has 0 radical (unpaired) electrons. The summed E-state index contributed by atoms with van der Waals surface area (Å²) in [6, 6.07) is 4.54. The molecule has 2 heterocycles. The first-order chi connectivity index (χ1) is 13.2. The van der Waals surface area contributed by atoms with Crippen LogP contribution in [0.25, 0.3) is 0 Å². The molecule has 1 aromatic rings. The number of aryl methyl sites for hydroxylation is 1. The van der Waals surface area contributed by atoms with E-state index in [-0.39, 0.29) is 0 Å². The number of ether oxygens (including phenoxy) is 2. The SMILES string of the molecule is Cc1cc(N)c(NC(=O)OC(C)(C)C)cc1N1CCC(N2CCOCC2)CC1. The quantitative estimate of drug-likeness (QED) is 0.772. The number of amides is 1.